The summed E-state index contributed by atoms with van der Waals surface area (Å²) in [6.45, 7) is 3.52. The maximum absolute atomic E-state index is 11.0. The molecule has 1 aromatic carbocycles. The highest BCUT2D eigenvalue weighted by Gasteiger charge is 2.19. The fourth-order valence-corrected chi connectivity index (χ4v) is 1.15. The maximum Gasteiger partial charge on any atom is 0.330 e. The van der Waals surface area contributed by atoms with Gasteiger partial charge in [-0.2, -0.15) is 0 Å². The first-order valence-electron chi connectivity index (χ1n) is 4.42. The third kappa shape index (κ3) is 3.02. The molecular formula is C11H13NO3. The number of carboxylic acids is 1. The minimum absolute atomic E-state index is 0.228. The Morgan fingerprint density at radius 2 is 2.07 bits per heavy atom. The summed E-state index contributed by atoms with van der Waals surface area (Å²) in [5.74, 6) is -0.745. The molecule has 1 aromatic rings. The van der Waals surface area contributed by atoms with Crippen molar-refractivity contribution in [3.8, 4) is 0 Å². The van der Waals surface area contributed by atoms with E-state index in [1.807, 2.05) is 6.07 Å². The Balaban J connectivity index is 2.84. The van der Waals surface area contributed by atoms with Crippen molar-refractivity contribution in [2.45, 2.75) is 6.04 Å². The minimum atomic E-state index is -0.973. The average Bonchev–Trinajstić information content (AvgIpc) is 2.26. The molecule has 0 saturated carbocycles. The first-order valence-corrected chi connectivity index (χ1v) is 4.42. The van der Waals surface area contributed by atoms with Crippen molar-refractivity contribution in [3.63, 3.8) is 0 Å². The van der Waals surface area contributed by atoms with Gasteiger partial charge in [-0.25, -0.2) is 4.79 Å². The predicted molar refractivity (Wildman–Crippen MR) is 56.1 cm³/mol. The van der Waals surface area contributed by atoms with Crippen LogP contribution in [0.1, 0.15) is 11.6 Å². The molecular weight excluding hydrogens is 194 g/mol. The van der Waals surface area contributed by atoms with Crippen LogP contribution < -0.4 is 5.32 Å². The number of aliphatic carboxylic acids is 1. The topological polar surface area (TPSA) is 58.6 Å². The molecule has 0 bridgehead atoms. The van der Waals surface area contributed by atoms with Gasteiger partial charge >= 0.3 is 5.97 Å². The molecule has 0 unspecified atom stereocenters. The first kappa shape index (κ1) is 11.1. The van der Waals surface area contributed by atoms with E-state index in [9.17, 15) is 4.79 Å². The molecule has 0 aromatic heterocycles. The predicted octanol–water partition coefficient (Wildman–Crippen LogP) is 1.52. The molecule has 0 aliphatic carbocycles. The van der Waals surface area contributed by atoms with Gasteiger partial charge in [-0.05, 0) is 12.1 Å². The van der Waals surface area contributed by atoms with Crippen LogP contribution in [-0.2, 0) is 9.53 Å². The number of hydrogen-bond donors (Lipinski definition) is 2. The second-order valence-electron chi connectivity index (χ2n) is 2.95. The summed E-state index contributed by atoms with van der Waals surface area (Å²) in [5, 5.41) is 11.7. The van der Waals surface area contributed by atoms with Gasteiger partial charge in [0.05, 0.1) is 7.11 Å². The van der Waals surface area contributed by atoms with Crippen molar-refractivity contribution < 1.29 is 14.6 Å². The molecule has 1 rings (SSSR count). The molecule has 80 valence electrons. The zero-order chi connectivity index (χ0) is 11.3. The van der Waals surface area contributed by atoms with Crippen molar-refractivity contribution >= 4 is 5.97 Å². The van der Waals surface area contributed by atoms with E-state index in [0.717, 1.165) is 0 Å². The highest BCUT2D eigenvalue weighted by molar-refractivity contribution is 5.75. The summed E-state index contributed by atoms with van der Waals surface area (Å²) in [6.07, 6.45) is 0. The molecule has 0 radical (unpaired) electrons. The lowest BCUT2D eigenvalue weighted by molar-refractivity contribution is -0.139. The number of hydrogen-bond acceptors (Lipinski definition) is 3. The lowest BCUT2D eigenvalue weighted by Gasteiger charge is -2.16. The Morgan fingerprint density at radius 3 is 2.53 bits per heavy atom. The number of ether oxygens (including phenoxy) is 1. The van der Waals surface area contributed by atoms with E-state index in [2.05, 4.69) is 11.9 Å². The minimum Gasteiger partial charge on any atom is -0.483 e. The van der Waals surface area contributed by atoms with Crippen LogP contribution >= 0.6 is 0 Å². The fraction of sp³-hybridized carbons (Fsp3) is 0.182. The smallest absolute Gasteiger partial charge is 0.330 e. The van der Waals surface area contributed by atoms with Gasteiger partial charge in [0.15, 0.2) is 11.9 Å². The third-order valence-electron chi connectivity index (χ3n) is 1.93. The quantitative estimate of drug-likeness (QED) is 0.719. The van der Waals surface area contributed by atoms with Gasteiger partial charge in [-0.3, -0.25) is 0 Å². The van der Waals surface area contributed by atoms with E-state index in [1.54, 1.807) is 24.3 Å². The SMILES string of the molecule is C=C(N[C@@H](C(=O)O)c1ccccc1)OC. The number of carbonyl (C=O) groups is 1. The van der Waals surface area contributed by atoms with Crippen molar-refractivity contribution in [1.82, 2.24) is 5.32 Å². The fourth-order valence-electron chi connectivity index (χ4n) is 1.15. The van der Waals surface area contributed by atoms with E-state index in [1.165, 1.54) is 7.11 Å². The second-order valence-corrected chi connectivity index (χ2v) is 2.95. The lowest BCUT2D eigenvalue weighted by atomic mass is 10.1. The Bertz CT molecular complexity index is 348. The molecule has 2 N–H and O–H groups in total. The summed E-state index contributed by atoms with van der Waals surface area (Å²) in [4.78, 5) is 11.0. The van der Waals surface area contributed by atoms with Crippen LogP contribution in [0.2, 0.25) is 0 Å². The lowest BCUT2D eigenvalue weighted by Crippen LogP contribution is -2.28. The molecule has 0 aliphatic rings. The molecule has 0 heterocycles. The molecule has 1 atom stereocenters. The van der Waals surface area contributed by atoms with E-state index in [4.69, 9.17) is 9.84 Å². The van der Waals surface area contributed by atoms with Crippen molar-refractivity contribution in [1.29, 1.82) is 0 Å². The summed E-state index contributed by atoms with van der Waals surface area (Å²) in [7, 11) is 1.43. The maximum atomic E-state index is 11.0. The van der Waals surface area contributed by atoms with Crippen molar-refractivity contribution in [3.05, 3.63) is 48.4 Å². The molecule has 0 fully saturated rings. The van der Waals surface area contributed by atoms with Crippen LogP contribution in [0.3, 0.4) is 0 Å². The highest BCUT2D eigenvalue weighted by Crippen LogP contribution is 2.13. The van der Waals surface area contributed by atoms with Gasteiger partial charge in [0, 0.05) is 0 Å². The van der Waals surface area contributed by atoms with Gasteiger partial charge in [-0.15, -0.1) is 0 Å². The standard InChI is InChI=1S/C11H13NO3/c1-8(15-2)12-10(11(13)14)9-6-4-3-5-7-9/h3-7,10,12H,1H2,2H3,(H,13,14)/t10-/m1/s1. The van der Waals surface area contributed by atoms with Gasteiger partial charge in [0.2, 0.25) is 0 Å². The van der Waals surface area contributed by atoms with E-state index in [0.29, 0.717) is 5.56 Å². The summed E-state index contributed by atoms with van der Waals surface area (Å²) in [6, 6.07) is 8.01. The Morgan fingerprint density at radius 1 is 1.47 bits per heavy atom. The van der Waals surface area contributed by atoms with Gasteiger partial charge in [-0.1, -0.05) is 30.3 Å². The summed E-state index contributed by atoms with van der Waals surface area (Å²) >= 11 is 0. The summed E-state index contributed by atoms with van der Waals surface area (Å²) in [5.41, 5.74) is 0.656. The number of carboxylic acid groups (broad SMARTS) is 1. The van der Waals surface area contributed by atoms with Gasteiger partial charge in [0.25, 0.3) is 0 Å². The monoisotopic (exact) mass is 207 g/mol. The number of methoxy groups -OCH3 is 1. The number of rotatable bonds is 5. The number of benzene rings is 1. The second kappa shape index (κ2) is 5.05. The van der Waals surface area contributed by atoms with E-state index >= 15 is 0 Å². The van der Waals surface area contributed by atoms with Crippen LogP contribution in [0.15, 0.2) is 42.8 Å². The van der Waals surface area contributed by atoms with Crippen LogP contribution in [0.25, 0.3) is 0 Å². The largest absolute Gasteiger partial charge is 0.483 e. The molecule has 0 amide bonds. The zero-order valence-electron chi connectivity index (χ0n) is 8.43. The Kier molecular flexibility index (Phi) is 3.74. The number of nitrogens with one attached hydrogen (secondary N) is 1. The van der Waals surface area contributed by atoms with Gasteiger partial charge < -0.3 is 15.2 Å². The first-order chi connectivity index (χ1) is 7.15. The molecule has 0 aliphatic heterocycles. The molecule has 15 heavy (non-hydrogen) atoms. The Hall–Kier alpha value is -1.97. The van der Waals surface area contributed by atoms with Crippen molar-refractivity contribution in [2.24, 2.45) is 0 Å². The van der Waals surface area contributed by atoms with Gasteiger partial charge in [0.1, 0.15) is 0 Å². The third-order valence-corrected chi connectivity index (χ3v) is 1.93. The van der Waals surface area contributed by atoms with Crippen molar-refractivity contribution in [2.75, 3.05) is 7.11 Å². The van der Waals surface area contributed by atoms with Crippen LogP contribution in [0.4, 0.5) is 0 Å². The van der Waals surface area contributed by atoms with Crippen LogP contribution in [0.5, 0.6) is 0 Å². The molecule has 4 nitrogen and oxygen atoms in total. The van der Waals surface area contributed by atoms with Crippen LogP contribution in [0, 0.1) is 0 Å². The molecule has 0 spiro atoms. The highest BCUT2D eigenvalue weighted by atomic mass is 16.5. The zero-order valence-corrected chi connectivity index (χ0v) is 8.43. The molecule has 0 saturated heterocycles. The van der Waals surface area contributed by atoms with E-state index < -0.39 is 12.0 Å². The average molecular weight is 207 g/mol. The van der Waals surface area contributed by atoms with Crippen LogP contribution in [-0.4, -0.2) is 18.2 Å². The summed E-state index contributed by atoms with van der Waals surface area (Å²) < 4.78 is 4.78. The normalized spacial score (nSPS) is 11.5. The Labute approximate surface area is 88.2 Å². The molecule has 4 heteroatoms. The van der Waals surface area contributed by atoms with E-state index in [-0.39, 0.29) is 5.88 Å².